The molecule has 0 unspecified atom stereocenters. The third-order valence-electron chi connectivity index (χ3n) is 2.38. The molecule has 0 spiro atoms. The van der Waals surface area contributed by atoms with E-state index in [4.69, 9.17) is 4.42 Å². The number of furan rings is 1. The lowest BCUT2D eigenvalue weighted by molar-refractivity contribution is 0.251. The van der Waals surface area contributed by atoms with Crippen molar-refractivity contribution in [3.05, 3.63) is 42.5 Å². The molecule has 0 aliphatic heterocycles. The predicted octanol–water partition coefficient (Wildman–Crippen LogP) is 1.40. The normalized spacial score (nSPS) is 11.1. The van der Waals surface area contributed by atoms with E-state index in [1.165, 1.54) is 24.6 Å². The quantitative estimate of drug-likeness (QED) is 0.887. The van der Waals surface area contributed by atoms with Crippen LogP contribution in [0, 0.1) is 0 Å². The van der Waals surface area contributed by atoms with Crippen LogP contribution in [0.25, 0.3) is 0 Å². The van der Waals surface area contributed by atoms with Gasteiger partial charge in [-0.3, -0.25) is 0 Å². The van der Waals surface area contributed by atoms with Crippen molar-refractivity contribution in [2.45, 2.75) is 11.6 Å². The second kappa shape index (κ2) is 5.74. The van der Waals surface area contributed by atoms with E-state index in [2.05, 4.69) is 15.6 Å². The Morgan fingerprint density at radius 2 is 2.15 bits per heavy atom. The first-order valence-electron chi connectivity index (χ1n) is 5.68. The molecule has 8 heteroatoms. The standard InChI is InChI=1S/C12H13N3O4S/c1-20(17,18)11-5-4-9(7-13-11)15-12(16)14-8-10-3-2-6-19-10/h2-7H,8H2,1H3,(H2,14,15,16). The number of hydrogen-bond donors (Lipinski definition) is 2. The van der Waals surface area contributed by atoms with Gasteiger partial charge in [-0.05, 0) is 24.3 Å². The number of nitrogens with zero attached hydrogens (tertiary/aromatic N) is 1. The average molecular weight is 295 g/mol. The first-order valence-corrected chi connectivity index (χ1v) is 7.57. The Morgan fingerprint density at radius 3 is 2.70 bits per heavy atom. The van der Waals surface area contributed by atoms with Gasteiger partial charge in [0.2, 0.25) is 0 Å². The largest absolute Gasteiger partial charge is 0.467 e. The van der Waals surface area contributed by atoms with E-state index in [9.17, 15) is 13.2 Å². The molecule has 2 rings (SSSR count). The molecule has 0 aliphatic rings. The second-order valence-corrected chi connectivity index (χ2v) is 6.01. The minimum atomic E-state index is -3.34. The van der Waals surface area contributed by atoms with Crippen molar-refractivity contribution in [3.63, 3.8) is 0 Å². The monoisotopic (exact) mass is 295 g/mol. The van der Waals surface area contributed by atoms with Gasteiger partial charge in [0.25, 0.3) is 0 Å². The van der Waals surface area contributed by atoms with E-state index in [0.29, 0.717) is 11.4 Å². The van der Waals surface area contributed by atoms with Gasteiger partial charge in [0.1, 0.15) is 5.76 Å². The molecule has 20 heavy (non-hydrogen) atoms. The molecular formula is C12H13N3O4S. The summed E-state index contributed by atoms with van der Waals surface area (Å²) < 4.78 is 27.5. The predicted molar refractivity (Wildman–Crippen MR) is 71.9 cm³/mol. The molecule has 2 N–H and O–H groups in total. The van der Waals surface area contributed by atoms with Gasteiger partial charge in [0.05, 0.1) is 24.7 Å². The van der Waals surface area contributed by atoms with Crippen LogP contribution in [-0.2, 0) is 16.4 Å². The maximum Gasteiger partial charge on any atom is 0.319 e. The third-order valence-corrected chi connectivity index (χ3v) is 3.38. The molecule has 2 aromatic rings. The lowest BCUT2D eigenvalue weighted by atomic mass is 10.4. The summed E-state index contributed by atoms with van der Waals surface area (Å²) in [5, 5.41) is 5.08. The number of carbonyl (C=O) groups excluding carboxylic acids is 1. The zero-order valence-electron chi connectivity index (χ0n) is 10.7. The van der Waals surface area contributed by atoms with Gasteiger partial charge >= 0.3 is 6.03 Å². The van der Waals surface area contributed by atoms with Gasteiger partial charge in [0, 0.05) is 6.26 Å². The van der Waals surface area contributed by atoms with Crippen molar-refractivity contribution in [2.24, 2.45) is 0 Å². The fourth-order valence-electron chi connectivity index (χ4n) is 1.43. The maximum absolute atomic E-state index is 11.6. The van der Waals surface area contributed by atoms with Crippen molar-refractivity contribution < 1.29 is 17.6 Å². The zero-order chi connectivity index (χ0) is 14.6. The summed E-state index contributed by atoms with van der Waals surface area (Å²) in [5.74, 6) is 0.630. The Labute approximate surface area is 115 Å². The summed E-state index contributed by atoms with van der Waals surface area (Å²) in [6, 6.07) is 5.83. The van der Waals surface area contributed by atoms with Crippen LogP contribution >= 0.6 is 0 Å². The molecule has 0 saturated heterocycles. The van der Waals surface area contributed by atoms with Crippen LogP contribution < -0.4 is 10.6 Å². The van der Waals surface area contributed by atoms with Gasteiger partial charge in [0.15, 0.2) is 14.9 Å². The third kappa shape index (κ3) is 3.82. The first kappa shape index (κ1) is 14.1. The fraction of sp³-hybridized carbons (Fsp3) is 0.167. The van der Waals surface area contributed by atoms with Gasteiger partial charge in [-0.2, -0.15) is 0 Å². The summed E-state index contributed by atoms with van der Waals surface area (Å²) >= 11 is 0. The van der Waals surface area contributed by atoms with E-state index < -0.39 is 15.9 Å². The number of nitrogens with one attached hydrogen (secondary N) is 2. The van der Waals surface area contributed by atoms with Gasteiger partial charge < -0.3 is 15.1 Å². The van der Waals surface area contributed by atoms with Gasteiger partial charge in [-0.1, -0.05) is 0 Å². The SMILES string of the molecule is CS(=O)(=O)c1ccc(NC(=O)NCc2ccco2)cn1. The number of hydrogen-bond acceptors (Lipinski definition) is 5. The summed E-state index contributed by atoms with van der Waals surface area (Å²) in [7, 11) is -3.34. The smallest absolute Gasteiger partial charge is 0.319 e. The molecule has 0 aromatic carbocycles. The van der Waals surface area contributed by atoms with E-state index in [0.717, 1.165) is 6.26 Å². The highest BCUT2D eigenvalue weighted by Crippen LogP contribution is 2.10. The fourth-order valence-corrected chi connectivity index (χ4v) is 1.99. The number of pyridine rings is 1. The van der Waals surface area contributed by atoms with E-state index >= 15 is 0 Å². The molecule has 0 saturated carbocycles. The topological polar surface area (TPSA) is 101 Å². The van der Waals surface area contributed by atoms with Crippen LogP contribution in [0.2, 0.25) is 0 Å². The molecule has 0 fully saturated rings. The van der Waals surface area contributed by atoms with Gasteiger partial charge in [-0.25, -0.2) is 18.2 Å². The Morgan fingerprint density at radius 1 is 1.35 bits per heavy atom. The van der Waals surface area contributed by atoms with Crippen LogP contribution in [0.15, 0.2) is 46.2 Å². The van der Waals surface area contributed by atoms with Crippen LogP contribution in [0.4, 0.5) is 10.5 Å². The highest BCUT2D eigenvalue weighted by atomic mass is 32.2. The van der Waals surface area contributed by atoms with Crippen molar-refractivity contribution in [3.8, 4) is 0 Å². The zero-order valence-corrected chi connectivity index (χ0v) is 11.5. The van der Waals surface area contributed by atoms with Crippen molar-refractivity contribution in [1.82, 2.24) is 10.3 Å². The van der Waals surface area contributed by atoms with E-state index in [-0.39, 0.29) is 11.6 Å². The average Bonchev–Trinajstić information content (AvgIpc) is 2.89. The van der Waals surface area contributed by atoms with Crippen LogP contribution in [0.3, 0.4) is 0 Å². The minimum Gasteiger partial charge on any atom is -0.467 e. The van der Waals surface area contributed by atoms with E-state index in [1.54, 1.807) is 12.1 Å². The second-order valence-electron chi connectivity index (χ2n) is 4.04. The molecule has 2 amide bonds. The Kier molecular flexibility index (Phi) is 4.04. The number of anilines is 1. The molecule has 7 nitrogen and oxygen atoms in total. The lowest BCUT2D eigenvalue weighted by Gasteiger charge is -2.06. The summed E-state index contributed by atoms with van der Waals surface area (Å²) in [5.41, 5.74) is 0.398. The molecule has 2 aromatic heterocycles. The van der Waals surface area contributed by atoms with Crippen LogP contribution in [0.1, 0.15) is 5.76 Å². The molecule has 0 bridgehead atoms. The van der Waals surface area contributed by atoms with Crippen LogP contribution in [0.5, 0.6) is 0 Å². The van der Waals surface area contributed by atoms with E-state index in [1.807, 2.05) is 0 Å². The van der Waals surface area contributed by atoms with Gasteiger partial charge in [-0.15, -0.1) is 0 Å². The number of sulfone groups is 1. The summed E-state index contributed by atoms with van der Waals surface area (Å²) in [6.07, 6.45) is 3.87. The summed E-state index contributed by atoms with van der Waals surface area (Å²) in [4.78, 5) is 15.3. The van der Waals surface area contributed by atoms with Crippen molar-refractivity contribution in [2.75, 3.05) is 11.6 Å². The molecule has 0 atom stereocenters. The Hall–Kier alpha value is -2.35. The number of amides is 2. The van der Waals surface area contributed by atoms with Crippen molar-refractivity contribution in [1.29, 1.82) is 0 Å². The molecule has 2 heterocycles. The number of carbonyl (C=O) groups is 1. The minimum absolute atomic E-state index is 0.0426. The number of urea groups is 1. The van der Waals surface area contributed by atoms with Crippen LogP contribution in [-0.4, -0.2) is 25.7 Å². The Bertz CT molecular complexity index is 678. The summed E-state index contributed by atoms with van der Waals surface area (Å²) in [6.45, 7) is 0.258. The lowest BCUT2D eigenvalue weighted by Crippen LogP contribution is -2.28. The molecule has 0 aliphatic carbocycles. The highest BCUT2D eigenvalue weighted by molar-refractivity contribution is 7.90. The maximum atomic E-state index is 11.6. The molecule has 106 valence electrons. The Balaban J connectivity index is 1.91. The number of rotatable bonds is 4. The highest BCUT2D eigenvalue weighted by Gasteiger charge is 2.09. The van der Waals surface area contributed by atoms with Crippen molar-refractivity contribution >= 4 is 21.6 Å². The number of aromatic nitrogens is 1. The molecular weight excluding hydrogens is 282 g/mol. The first-order chi connectivity index (χ1) is 9.45. The molecule has 0 radical (unpaired) electrons.